The second kappa shape index (κ2) is 10.9. The molecule has 7 nitrogen and oxygen atoms in total. The third-order valence-electron chi connectivity index (χ3n) is 5.31. The Morgan fingerprint density at radius 1 is 0.882 bits per heavy atom. The van der Waals surface area contributed by atoms with Gasteiger partial charge < -0.3 is 14.4 Å². The van der Waals surface area contributed by atoms with Crippen LogP contribution in [0.3, 0.4) is 0 Å². The average molecular weight is 453 g/mol. The molecule has 1 atom stereocenters. The average Bonchev–Trinajstić information content (AvgIpc) is 3.35. The first-order valence-corrected chi connectivity index (χ1v) is 10.8. The van der Waals surface area contributed by atoms with Crippen LogP contribution in [-0.4, -0.2) is 27.7 Å². The molecule has 1 heterocycles. The zero-order chi connectivity index (χ0) is 23.8. The number of carboxylic acids is 1. The van der Waals surface area contributed by atoms with Gasteiger partial charge in [0.05, 0.1) is 0 Å². The molecule has 0 aliphatic heterocycles. The molecule has 0 aliphatic rings. The molecule has 0 saturated carbocycles. The van der Waals surface area contributed by atoms with Crippen LogP contribution in [0.5, 0.6) is 0 Å². The highest BCUT2D eigenvalue weighted by Gasteiger charge is 2.27. The maximum absolute atomic E-state index is 12.1. The van der Waals surface area contributed by atoms with Crippen molar-refractivity contribution in [2.45, 2.75) is 18.9 Å². The number of aromatic nitrogens is 2. The molecule has 4 rings (SSSR count). The summed E-state index contributed by atoms with van der Waals surface area (Å²) < 4.78 is 5.79. The SMILES string of the molecule is O=CN(c1ccc(-c2ccccc2)cc1)C(CCC(=O)O)c1nnc(C=Cc2ccccc2)o1. The van der Waals surface area contributed by atoms with E-state index in [1.54, 1.807) is 6.08 Å². The van der Waals surface area contributed by atoms with Crippen LogP contribution in [0.25, 0.3) is 23.3 Å². The van der Waals surface area contributed by atoms with Crippen LogP contribution >= 0.6 is 0 Å². The van der Waals surface area contributed by atoms with E-state index in [0.29, 0.717) is 12.1 Å². The molecule has 0 radical (unpaired) electrons. The lowest BCUT2D eigenvalue weighted by molar-refractivity contribution is -0.137. The van der Waals surface area contributed by atoms with Crippen molar-refractivity contribution >= 4 is 30.2 Å². The Morgan fingerprint density at radius 3 is 2.18 bits per heavy atom. The summed E-state index contributed by atoms with van der Waals surface area (Å²) in [4.78, 5) is 24.8. The molecule has 0 fully saturated rings. The lowest BCUT2D eigenvalue weighted by atomic mass is 10.0. The number of aliphatic carboxylic acids is 1. The summed E-state index contributed by atoms with van der Waals surface area (Å²) in [6.07, 6.45) is 4.14. The van der Waals surface area contributed by atoms with E-state index < -0.39 is 12.0 Å². The monoisotopic (exact) mass is 453 g/mol. The predicted molar refractivity (Wildman–Crippen MR) is 130 cm³/mol. The number of hydrogen-bond acceptors (Lipinski definition) is 5. The Hall–Kier alpha value is -4.52. The lowest BCUT2D eigenvalue weighted by Gasteiger charge is -2.25. The van der Waals surface area contributed by atoms with Crippen molar-refractivity contribution in [2.75, 3.05) is 4.90 Å². The van der Waals surface area contributed by atoms with Crippen LogP contribution in [0.4, 0.5) is 5.69 Å². The molecule has 0 spiro atoms. The van der Waals surface area contributed by atoms with E-state index >= 15 is 0 Å². The molecule has 1 unspecified atom stereocenters. The fourth-order valence-corrected chi connectivity index (χ4v) is 3.59. The minimum Gasteiger partial charge on any atom is -0.481 e. The Kier molecular flexibility index (Phi) is 7.25. The van der Waals surface area contributed by atoms with Crippen molar-refractivity contribution in [2.24, 2.45) is 0 Å². The van der Waals surface area contributed by atoms with Crippen LogP contribution in [0, 0.1) is 0 Å². The van der Waals surface area contributed by atoms with Gasteiger partial charge in [-0.25, -0.2) is 0 Å². The van der Waals surface area contributed by atoms with Crippen LogP contribution in [0.2, 0.25) is 0 Å². The molecule has 170 valence electrons. The van der Waals surface area contributed by atoms with Crippen molar-refractivity contribution in [3.8, 4) is 11.1 Å². The Morgan fingerprint density at radius 2 is 1.53 bits per heavy atom. The topological polar surface area (TPSA) is 96.5 Å². The number of carbonyl (C=O) groups is 2. The Bertz CT molecular complexity index is 1250. The van der Waals surface area contributed by atoms with E-state index in [2.05, 4.69) is 10.2 Å². The van der Waals surface area contributed by atoms with Gasteiger partial charge in [-0.2, -0.15) is 0 Å². The van der Waals surface area contributed by atoms with Crippen molar-refractivity contribution < 1.29 is 19.1 Å². The fourth-order valence-electron chi connectivity index (χ4n) is 3.59. The zero-order valence-corrected chi connectivity index (χ0v) is 18.3. The molecule has 1 N–H and O–H groups in total. The van der Waals surface area contributed by atoms with Gasteiger partial charge in [0.25, 0.3) is 0 Å². The molecule has 0 aliphatic carbocycles. The van der Waals surface area contributed by atoms with E-state index in [-0.39, 0.29) is 24.6 Å². The molecule has 1 aromatic heterocycles. The third-order valence-corrected chi connectivity index (χ3v) is 5.31. The van der Waals surface area contributed by atoms with Crippen LogP contribution in [0.1, 0.15) is 36.2 Å². The second-order valence-corrected chi connectivity index (χ2v) is 7.60. The molecule has 1 amide bonds. The number of hydrogen-bond donors (Lipinski definition) is 1. The van der Waals surface area contributed by atoms with Crippen LogP contribution < -0.4 is 4.90 Å². The quantitative estimate of drug-likeness (QED) is 0.320. The lowest BCUT2D eigenvalue weighted by Crippen LogP contribution is -2.28. The number of carbonyl (C=O) groups excluding carboxylic acids is 1. The van der Waals surface area contributed by atoms with Gasteiger partial charge in [-0.3, -0.25) is 9.59 Å². The number of rotatable bonds is 10. The second-order valence-electron chi connectivity index (χ2n) is 7.60. The molecular formula is C27H23N3O4. The number of amides is 1. The van der Waals surface area contributed by atoms with Gasteiger partial charge in [-0.15, -0.1) is 10.2 Å². The Balaban J connectivity index is 1.59. The maximum Gasteiger partial charge on any atom is 0.303 e. The molecule has 3 aromatic carbocycles. The van der Waals surface area contributed by atoms with Crippen molar-refractivity contribution in [3.05, 3.63) is 102 Å². The predicted octanol–water partition coefficient (Wildman–Crippen LogP) is 5.48. The molecular weight excluding hydrogens is 430 g/mol. The standard InChI is InChI=1S/C27H23N3O4/c31-19-30(23-14-12-22(13-15-23)21-9-5-2-6-10-21)24(16-18-26(32)33)27-29-28-25(34-27)17-11-20-7-3-1-4-8-20/h1-15,17,19,24H,16,18H2,(H,32,33). The normalized spacial score (nSPS) is 11.9. The van der Waals surface area contributed by atoms with Crippen molar-refractivity contribution in [3.63, 3.8) is 0 Å². The molecule has 34 heavy (non-hydrogen) atoms. The van der Waals surface area contributed by atoms with E-state index in [0.717, 1.165) is 16.7 Å². The van der Waals surface area contributed by atoms with Gasteiger partial charge in [-0.05, 0) is 41.3 Å². The first kappa shape index (κ1) is 22.7. The molecule has 0 bridgehead atoms. The minimum atomic E-state index is -0.973. The first-order chi connectivity index (χ1) is 16.6. The fraction of sp³-hybridized carbons (Fsp3) is 0.111. The highest BCUT2D eigenvalue weighted by Crippen LogP contribution is 2.31. The van der Waals surface area contributed by atoms with Gasteiger partial charge >= 0.3 is 5.97 Å². The van der Waals surface area contributed by atoms with E-state index in [1.807, 2.05) is 91.0 Å². The van der Waals surface area contributed by atoms with Gasteiger partial charge in [0, 0.05) is 18.2 Å². The smallest absolute Gasteiger partial charge is 0.303 e. The summed E-state index contributed by atoms with van der Waals surface area (Å²) >= 11 is 0. The number of nitrogens with zero attached hydrogens (tertiary/aromatic N) is 3. The van der Waals surface area contributed by atoms with Crippen LogP contribution in [0.15, 0.2) is 89.3 Å². The number of carboxylic acid groups (broad SMARTS) is 1. The minimum absolute atomic E-state index is 0.124. The highest BCUT2D eigenvalue weighted by atomic mass is 16.4. The number of anilines is 1. The van der Waals surface area contributed by atoms with Crippen molar-refractivity contribution in [1.29, 1.82) is 0 Å². The molecule has 4 aromatic rings. The van der Waals surface area contributed by atoms with Crippen molar-refractivity contribution in [1.82, 2.24) is 10.2 Å². The van der Waals surface area contributed by atoms with E-state index in [1.165, 1.54) is 4.90 Å². The third kappa shape index (κ3) is 5.63. The summed E-state index contributed by atoms with van der Waals surface area (Å²) in [5.74, 6) is -0.531. The summed E-state index contributed by atoms with van der Waals surface area (Å²) in [6.45, 7) is 0. The summed E-state index contributed by atoms with van der Waals surface area (Å²) in [6, 6.07) is 26.3. The van der Waals surface area contributed by atoms with Gasteiger partial charge in [-0.1, -0.05) is 72.8 Å². The summed E-state index contributed by atoms with van der Waals surface area (Å²) in [5.41, 5.74) is 3.63. The van der Waals surface area contributed by atoms with Gasteiger partial charge in [0.2, 0.25) is 18.2 Å². The van der Waals surface area contributed by atoms with E-state index in [9.17, 15) is 14.7 Å². The van der Waals surface area contributed by atoms with Gasteiger partial charge in [0.15, 0.2) is 0 Å². The summed E-state index contributed by atoms with van der Waals surface area (Å²) in [5, 5.41) is 17.4. The molecule has 7 heteroatoms. The largest absolute Gasteiger partial charge is 0.481 e. The summed E-state index contributed by atoms with van der Waals surface area (Å²) in [7, 11) is 0. The van der Waals surface area contributed by atoms with Gasteiger partial charge in [0.1, 0.15) is 6.04 Å². The highest BCUT2D eigenvalue weighted by molar-refractivity contribution is 5.78. The maximum atomic E-state index is 12.1. The van der Waals surface area contributed by atoms with Crippen LogP contribution in [-0.2, 0) is 9.59 Å². The first-order valence-electron chi connectivity index (χ1n) is 10.8. The number of benzene rings is 3. The Labute approximate surface area is 197 Å². The van der Waals surface area contributed by atoms with E-state index in [4.69, 9.17) is 4.42 Å². The zero-order valence-electron chi connectivity index (χ0n) is 18.3. The molecule has 0 saturated heterocycles.